The molecule has 1 saturated heterocycles. The second kappa shape index (κ2) is 7.38. The molecule has 0 aliphatic carbocycles. The summed E-state index contributed by atoms with van der Waals surface area (Å²) in [6.45, 7) is 3.77. The fourth-order valence-corrected chi connectivity index (χ4v) is 3.36. The first-order valence-electron chi connectivity index (χ1n) is 8.83. The summed E-state index contributed by atoms with van der Waals surface area (Å²) in [5.41, 5.74) is 1.22. The summed E-state index contributed by atoms with van der Waals surface area (Å²) in [7, 11) is 3.11. The minimum atomic E-state index is -0.352. The number of piperazine rings is 1. The van der Waals surface area contributed by atoms with Gasteiger partial charge in [0.2, 0.25) is 5.91 Å². The summed E-state index contributed by atoms with van der Waals surface area (Å²) in [6, 6.07) is 5.92. The lowest BCUT2D eigenvalue weighted by Crippen LogP contribution is -2.52. The van der Waals surface area contributed by atoms with Crippen LogP contribution in [0.2, 0.25) is 0 Å². The third-order valence-corrected chi connectivity index (χ3v) is 5.14. The van der Waals surface area contributed by atoms with Crippen molar-refractivity contribution in [2.75, 3.05) is 31.1 Å². The molecule has 0 unspecified atom stereocenters. The third-order valence-electron chi connectivity index (χ3n) is 5.14. The standard InChI is InChI=1S/C19H23FN4O3/c1-13-17(18(26)22(3)19(27)21(13)2)24-10-8-23(9-11-24)16(25)12-14-4-6-15(20)7-5-14/h4-7H,8-12H2,1-3H3. The molecular formula is C19H23FN4O3. The number of hydrogen-bond acceptors (Lipinski definition) is 4. The number of carbonyl (C=O) groups excluding carboxylic acids is 1. The van der Waals surface area contributed by atoms with Crippen molar-refractivity contribution >= 4 is 11.6 Å². The molecule has 1 aliphatic heterocycles. The number of carbonyl (C=O) groups is 1. The molecular weight excluding hydrogens is 351 g/mol. The molecule has 2 heterocycles. The lowest BCUT2D eigenvalue weighted by atomic mass is 10.1. The lowest BCUT2D eigenvalue weighted by molar-refractivity contribution is -0.130. The van der Waals surface area contributed by atoms with Crippen LogP contribution in [-0.4, -0.2) is 46.1 Å². The maximum Gasteiger partial charge on any atom is 0.330 e. The van der Waals surface area contributed by atoms with Crippen molar-refractivity contribution in [1.82, 2.24) is 14.0 Å². The van der Waals surface area contributed by atoms with Crippen molar-refractivity contribution in [2.24, 2.45) is 14.1 Å². The number of benzene rings is 1. The van der Waals surface area contributed by atoms with Crippen LogP contribution in [0, 0.1) is 12.7 Å². The molecule has 1 fully saturated rings. The molecule has 7 nitrogen and oxygen atoms in total. The van der Waals surface area contributed by atoms with Crippen LogP contribution in [0.4, 0.5) is 10.1 Å². The number of anilines is 1. The SMILES string of the molecule is Cc1c(N2CCN(C(=O)Cc3ccc(F)cc3)CC2)c(=O)n(C)c(=O)n1C. The molecule has 1 aromatic carbocycles. The second-order valence-electron chi connectivity index (χ2n) is 6.81. The summed E-state index contributed by atoms with van der Waals surface area (Å²) >= 11 is 0. The smallest absolute Gasteiger partial charge is 0.330 e. The van der Waals surface area contributed by atoms with Gasteiger partial charge in [0.05, 0.1) is 6.42 Å². The van der Waals surface area contributed by atoms with Crippen LogP contribution in [0.25, 0.3) is 0 Å². The number of halogens is 1. The number of amides is 1. The number of aromatic nitrogens is 2. The van der Waals surface area contributed by atoms with Gasteiger partial charge in [0.25, 0.3) is 5.56 Å². The van der Waals surface area contributed by atoms with Crippen LogP contribution >= 0.6 is 0 Å². The highest BCUT2D eigenvalue weighted by Gasteiger charge is 2.25. The molecule has 1 aromatic heterocycles. The maximum absolute atomic E-state index is 13.0. The van der Waals surface area contributed by atoms with Crippen LogP contribution < -0.4 is 16.1 Å². The zero-order valence-electron chi connectivity index (χ0n) is 15.7. The van der Waals surface area contributed by atoms with E-state index in [2.05, 4.69) is 0 Å². The van der Waals surface area contributed by atoms with Crippen LogP contribution in [-0.2, 0) is 25.3 Å². The molecule has 3 rings (SSSR count). The molecule has 1 amide bonds. The second-order valence-corrected chi connectivity index (χ2v) is 6.81. The van der Waals surface area contributed by atoms with E-state index in [-0.39, 0.29) is 29.4 Å². The zero-order valence-corrected chi connectivity index (χ0v) is 15.7. The highest BCUT2D eigenvalue weighted by molar-refractivity contribution is 5.79. The summed E-state index contributed by atoms with van der Waals surface area (Å²) in [4.78, 5) is 40.7. The fraction of sp³-hybridized carbons (Fsp3) is 0.421. The van der Waals surface area contributed by atoms with E-state index in [0.717, 1.165) is 10.1 Å². The summed E-state index contributed by atoms with van der Waals surface area (Å²) in [5.74, 6) is -0.347. The van der Waals surface area contributed by atoms with Gasteiger partial charge in [-0.15, -0.1) is 0 Å². The van der Waals surface area contributed by atoms with Gasteiger partial charge in [-0.2, -0.15) is 0 Å². The van der Waals surface area contributed by atoms with E-state index in [9.17, 15) is 18.8 Å². The van der Waals surface area contributed by atoms with Gasteiger partial charge in [-0.1, -0.05) is 12.1 Å². The molecule has 0 spiro atoms. The zero-order chi connectivity index (χ0) is 19.7. The molecule has 27 heavy (non-hydrogen) atoms. The van der Waals surface area contributed by atoms with E-state index in [4.69, 9.17) is 0 Å². The minimum Gasteiger partial charge on any atom is -0.362 e. The van der Waals surface area contributed by atoms with E-state index in [1.807, 2.05) is 4.90 Å². The number of rotatable bonds is 3. The van der Waals surface area contributed by atoms with Crippen molar-refractivity contribution in [3.8, 4) is 0 Å². The highest BCUT2D eigenvalue weighted by Crippen LogP contribution is 2.16. The third kappa shape index (κ3) is 3.65. The Kier molecular flexibility index (Phi) is 5.16. The van der Waals surface area contributed by atoms with E-state index < -0.39 is 0 Å². The van der Waals surface area contributed by atoms with Gasteiger partial charge < -0.3 is 9.80 Å². The van der Waals surface area contributed by atoms with Crippen LogP contribution in [0.3, 0.4) is 0 Å². The summed E-state index contributed by atoms with van der Waals surface area (Å²) < 4.78 is 15.5. The Morgan fingerprint density at radius 3 is 2.19 bits per heavy atom. The van der Waals surface area contributed by atoms with Crippen LogP contribution in [0.5, 0.6) is 0 Å². The predicted octanol–water partition coefficient (Wildman–Crippen LogP) is 0.423. The summed E-state index contributed by atoms with van der Waals surface area (Å²) in [6.07, 6.45) is 0.223. The first kappa shape index (κ1) is 18.9. The quantitative estimate of drug-likeness (QED) is 0.781. The van der Waals surface area contributed by atoms with E-state index >= 15 is 0 Å². The van der Waals surface area contributed by atoms with Gasteiger partial charge in [-0.25, -0.2) is 9.18 Å². The van der Waals surface area contributed by atoms with Gasteiger partial charge >= 0.3 is 5.69 Å². The lowest BCUT2D eigenvalue weighted by Gasteiger charge is -2.36. The first-order valence-corrected chi connectivity index (χ1v) is 8.83. The van der Waals surface area contributed by atoms with Gasteiger partial charge in [0.15, 0.2) is 0 Å². The normalized spacial score (nSPS) is 14.5. The molecule has 0 N–H and O–H groups in total. The largest absolute Gasteiger partial charge is 0.362 e. The maximum atomic E-state index is 13.0. The molecule has 2 aromatic rings. The highest BCUT2D eigenvalue weighted by atomic mass is 19.1. The predicted molar refractivity (Wildman–Crippen MR) is 101 cm³/mol. The van der Waals surface area contributed by atoms with Crippen molar-refractivity contribution < 1.29 is 9.18 Å². The molecule has 144 valence electrons. The average molecular weight is 374 g/mol. The Hall–Kier alpha value is -2.90. The Morgan fingerprint density at radius 2 is 1.59 bits per heavy atom. The Labute approximate surface area is 156 Å². The number of hydrogen-bond donors (Lipinski definition) is 0. The van der Waals surface area contributed by atoms with Gasteiger partial charge in [0, 0.05) is 46.0 Å². The van der Waals surface area contributed by atoms with E-state index in [0.29, 0.717) is 37.6 Å². The van der Waals surface area contributed by atoms with Crippen LogP contribution in [0.15, 0.2) is 33.9 Å². The van der Waals surface area contributed by atoms with Gasteiger partial charge in [-0.3, -0.25) is 18.7 Å². The average Bonchev–Trinajstić information content (AvgIpc) is 2.67. The van der Waals surface area contributed by atoms with Crippen molar-refractivity contribution in [1.29, 1.82) is 0 Å². The molecule has 1 aliphatic rings. The molecule has 0 radical (unpaired) electrons. The molecule has 8 heteroatoms. The van der Waals surface area contributed by atoms with Gasteiger partial charge in [-0.05, 0) is 24.6 Å². The Balaban J connectivity index is 1.71. The molecule has 0 atom stereocenters. The Morgan fingerprint density at radius 1 is 1.00 bits per heavy atom. The molecule has 0 bridgehead atoms. The van der Waals surface area contributed by atoms with E-state index in [1.54, 1.807) is 31.0 Å². The van der Waals surface area contributed by atoms with E-state index in [1.165, 1.54) is 23.7 Å². The molecule has 0 saturated carbocycles. The fourth-order valence-electron chi connectivity index (χ4n) is 3.36. The van der Waals surface area contributed by atoms with Crippen molar-refractivity contribution in [3.05, 3.63) is 62.2 Å². The number of nitrogens with zero attached hydrogens (tertiary/aromatic N) is 4. The van der Waals surface area contributed by atoms with Gasteiger partial charge in [0.1, 0.15) is 11.5 Å². The monoisotopic (exact) mass is 374 g/mol. The van der Waals surface area contributed by atoms with Crippen LogP contribution in [0.1, 0.15) is 11.3 Å². The topological polar surface area (TPSA) is 67.6 Å². The summed E-state index contributed by atoms with van der Waals surface area (Å²) in [5, 5.41) is 0. The Bertz CT molecular complexity index is 970. The first-order chi connectivity index (χ1) is 12.8. The minimum absolute atomic E-state index is 0.0219. The van der Waals surface area contributed by atoms with Crippen molar-refractivity contribution in [3.63, 3.8) is 0 Å². The van der Waals surface area contributed by atoms with Crippen molar-refractivity contribution in [2.45, 2.75) is 13.3 Å².